The monoisotopic (exact) mass is 336 g/mol. The highest BCUT2D eigenvalue weighted by Gasteiger charge is 2.20. The summed E-state index contributed by atoms with van der Waals surface area (Å²) in [6.45, 7) is 4.03. The lowest BCUT2D eigenvalue weighted by Crippen LogP contribution is -2.15. The average Bonchev–Trinajstić information content (AvgIpc) is 2.96. The number of hydrogen-bond acceptors (Lipinski definition) is 7. The van der Waals surface area contributed by atoms with Crippen molar-refractivity contribution in [1.82, 2.24) is 10.2 Å². The van der Waals surface area contributed by atoms with Crippen molar-refractivity contribution in [2.24, 2.45) is 0 Å². The Morgan fingerprint density at radius 3 is 2.43 bits per heavy atom. The van der Waals surface area contributed by atoms with Crippen molar-refractivity contribution >= 4 is 21.7 Å². The number of nitrogens with zero attached hydrogens (tertiary/aromatic N) is 2. The van der Waals surface area contributed by atoms with Gasteiger partial charge in [0.2, 0.25) is 6.79 Å². The summed E-state index contributed by atoms with van der Waals surface area (Å²) in [6, 6.07) is 7.82. The SMILES string of the molecule is CC(C)Nc1ccc(NS(=O)(=O)c2ccc3c(c2)OCO3)nn1. The van der Waals surface area contributed by atoms with Gasteiger partial charge in [0.05, 0.1) is 4.90 Å². The molecule has 0 fully saturated rings. The van der Waals surface area contributed by atoms with Crippen LogP contribution in [0.5, 0.6) is 11.5 Å². The Bertz CT molecular complexity index is 806. The molecule has 2 N–H and O–H groups in total. The molecule has 1 aromatic heterocycles. The van der Waals surface area contributed by atoms with Gasteiger partial charge in [0.15, 0.2) is 17.3 Å². The van der Waals surface area contributed by atoms with Crippen LogP contribution in [-0.4, -0.2) is 31.4 Å². The minimum absolute atomic E-state index is 0.0629. The molecule has 2 aromatic rings. The highest BCUT2D eigenvalue weighted by molar-refractivity contribution is 7.92. The van der Waals surface area contributed by atoms with E-state index >= 15 is 0 Å². The van der Waals surface area contributed by atoms with E-state index in [4.69, 9.17) is 9.47 Å². The molecule has 1 aromatic carbocycles. The summed E-state index contributed by atoms with van der Waals surface area (Å²) in [5, 5.41) is 10.9. The lowest BCUT2D eigenvalue weighted by Gasteiger charge is -2.10. The van der Waals surface area contributed by atoms with Crippen LogP contribution in [0.25, 0.3) is 0 Å². The molecule has 1 aliphatic rings. The third-order valence-corrected chi connectivity index (χ3v) is 4.35. The predicted molar refractivity (Wildman–Crippen MR) is 84.2 cm³/mol. The van der Waals surface area contributed by atoms with Crippen LogP contribution >= 0.6 is 0 Å². The first-order valence-corrected chi connectivity index (χ1v) is 8.45. The number of benzene rings is 1. The van der Waals surface area contributed by atoms with Crippen molar-refractivity contribution in [3.8, 4) is 11.5 Å². The number of aromatic nitrogens is 2. The quantitative estimate of drug-likeness (QED) is 0.858. The molecule has 3 rings (SSSR count). The zero-order valence-electron chi connectivity index (χ0n) is 12.6. The van der Waals surface area contributed by atoms with Crippen molar-refractivity contribution in [2.75, 3.05) is 16.8 Å². The van der Waals surface area contributed by atoms with Gasteiger partial charge in [-0.3, -0.25) is 4.72 Å². The Balaban J connectivity index is 1.78. The number of ether oxygens (including phenoxy) is 2. The zero-order valence-corrected chi connectivity index (χ0v) is 13.4. The molecule has 0 aliphatic carbocycles. The van der Waals surface area contributed by atoms with Gasteiger partial charge in [0, 0.05) is 12.1 Å². The van der Waals surface area contributed by atoms with E-state index in [0.29, 0.717) is 17.3 Å². The third kappa shape index (κ3) is 3.45. The van der Waals surface area contributed by atoms with Crippen LogP contribution in [0.1, 0.15) is 13.8 Å². The number of rotatable bonds is 5. The summed E-state index contributed by atoms with van der Waals surface area (Å²) in [7, 11) is -3.78. The second-order valence-electron chi connectivity index (χ2n) is 5.22. The molecular weight excluding hydrogens is 320 g/mol. The molecule has 2 heterocycles. The molecule has 0 amide bonds. The lowest BCUT2D eigenvalue weighted by atomic mass is 10.3. The van der Waals surface area contributed by atoms with E-state index in [9.17, 15) is 8.42 Å². The van der Waals surface area contributed by atoms with E-state index in [1.807, 2.05) is 13.8 Å². The maximum atomic E-state index is 12.4. The number of sulfonamides is 1. The summed E-state index contributed by atoms with van der Waals surface area (Å²) >= 11 is 0. The second-order valence-corrected chi connectivity index (χ2v) is 6.91. The van der Waals surface area contributed by atoms with Gasteiger partial charge in [0.25, 0.3) is 10.0 Å². The first kappa shape index (κ1) is 15.3. The van der Waals surface area contributed by atoms with Gasteiger partial charge in [-0.1, -0.05) is 0 Å². The average molecular weight is 336 g/mol. The molecule has 0 bridgehead atoms. The van der Waals surface area contributed by atoms with E-state index in [1.165, 1.54) is 12.1 Å². The van der Waals surface area contributed by atoms with Crippen LogP contribution in [0.3, 0.4) is 0 Å². The summed E-state index contributed by atoms with van der Waals surface area (Å²) < 4.78 is 37.5. The van der Waals surface area contributed by atoms with Crippen molar-refractivity contribution in [3.05, 3.63) is 30.3 Å². The minimum Gasteiger partial charge on any atom is -0.454 e. The topological polar surface area (TPSA) is 102 Å². The molecule has 0 saturated carbocycles. The smallest absolute Gasteiger partial charge is 0.263 e. The fraction of sp³-hybridized carbons (Fsp3) is 0.286. The second kappa shape index (κ2) is 5.92. The van der Waals surface area contributed by atoms with Crippen LogP contribution in [0, 0.1) is 0 Å². The molecule has 9 heteroatoms. The van der Waals surface area contributed by atoms with E-state index in [0.717, 1.165) is 0 Å². The molecule has 122 valence electrons. The maximum absolute atomic E-state index is 12.4. The number of nitrogens with one attached hydrogen (secondary N) is 2. The largest absolute Gasteiger partial charge is 0.454 e. The van der Waals surface area contributed by atoms with Crippen molar-refractivity contribution < 1.29 is 17.9 Å². The van der Waals surface area contributed by atoms with Crippen molar-refractivity contribution in [1.29, 1.82) is 0 Å². The summed E-state index contributed by atoms with van der Waals surface area (Å²) in [4.78, 5) is 0.0629. The van der Waals surface area contributed by atoms with Crippen LogP contribution in [-0.2, 0) is 10.0 Å². The Morgan fingerprint density at radius 2 is 1.74 bits per heavy atom. The minimum atomic E-state index is -3.78. The number of hydrogen-bond donors (Lipinski definition) is 2. The highest BCUT2D eigenvalue weighted by Crippen LogP contribution is 2.34. The normalized spacial score (nSPS) is 13.2. The van der Waals surface area contributed by atoms with E-state index in [2.05, 4.69) is 20.2 Å². The van der Waals surface area contributed by atoms with E-state index in [-0.39, 0.29) is 23.5 Å². The van der Waals surface area contributed by atoms with Crippen LogP contribution in [0.4, 0.5) is 11.6 Å². The maximum Gasteiger partial charge on any atom is 0.263 e. The van der Waals surface area contributed by atoms with Gasteiger partial charge in [-0.25, -0.2) is 8.42 Å². The van der Waals surface area contributed by atoms with Gasteiger partial charge in [-0.2, -0.15) is 0 Å². The summed E-state index contributed by atoms with van der Waals surface area (Å²) in [6.07, 6.45) is 0. The molecule has 0 unspecified atom stereocenters. The standard InChI is InChI=1S/C14H16N4O4S/c1-9(2)15-13-5-6-14(17-16-13)18-23(19,20)10-3-4-11-12(7-10)22-8-21-11/h3-7,9H,8H2,1-2H3,(H,15,16)(H,17,18). The molecular formula is C14H16N4O4S. The van der Waals surface area contributed by atoms with Gasteiger partial charge in [0.1, 0.15) is 5.82 Å². The van der Waals surface area contributed by atoms with E-state index < -0.39 is 10.0 Å². The van der Waals surface area contributed by atoms with Gasteiger partial charge in [-0.15, -0.1) is 10.2 Å². The third-order valence-electron chi connectivity index (χ3n) is 2.99. The molecule has 0 saturated heterocycles. The van der Waals surface area contributed by atoms with Crippen LogP contribution in [0.15, 0.2) is 35.2 Å². The highest BCUT2D eigenvalue weighted by atomic mass is 32.2. The number of fused-ring (bicyclic) bond motifs is 1. The molecule has 0 atom stereocenters. The summed E-state index contributed by atoms with van der Waals surface area (Å²) in [5.74, 6) is 1.63. The summed E-state index contributed by atoms with van der Waals surface area (Å²) in [5.41, 5.74) is 0. The van der Waals surface area contributed by atoms with Crippen molar-refractivity contribution in [3.63, 3.8) is 0 Å². The van der Waals surface area contributed by atoms with Gasteiger partial charge < -0.3 is 14.8 Å². The Labute approximate surface area is 133 Å². The predicted octanol–water partition coefficient (Wildman–Crippen LogP) is 1.83. The molecule has 1 aliphatic heterocycles. The molecule has 0 spiro atoms. The fourth-order valence-electron chi connectivity index (χ4n) is 2.00. The van der Waals surface area contributed by atoms with Crippen LogP contribution < -0.4 is 19.5 Å². The van der Waals surface area contributed by atoms with Gasteiger partial charge >= 0.3 is 0 Å². The fourth-order valence-corrected chi connectivity index (χ4v) is 3.01. The first-order chi connectivity index (χ1) is 10.9. The zero-order chi connectivity index (χ0) is 16.4. The van der Waals surface area contributed by atoms with E-state index in [1.54, 1.807) is 18.2 Å². The molecule has 0 radical (unpaired) electrons. The Morgan fingerprint density at radius 1 is 1.04 bits per heavy atom. The molecule has 23 heavy (non-hydrogen) atoms. The lowest BCUT2D eigenvalue weighted by molar-refractivity contribution is 0.174. The number of anilines is 2. The van der Waals surface area contributed by atoms with Gasteiger partial charge in [-0.05, 0) is 38.1 Å². The van der Waals surface area contributed by atoms with Crippen LogP contribution in [0.2, 0.25) is 0 Å². The van der Waals surface area contributed by atoms with Crippen molar-refractivity contribution in [2.45, 2.75) is 24.8 Å². The Kier molecular flexibility index (Phi) is 3.95. The first-order valence-electron chi connectivity index (χ1n) is 6.97. The molecule has 8 nitrogen and oxygen atoms in total. The Hall–Kier alpha value is -2.55.